The summed E-state index contributed by atoms with van der Waals surface area (Å²) in [6.45, 7) is 0. The van der Waals surface area contributed by atoms with Crippen LogP contribution in [0.25, 0.3) is 84.2 Å². The first-order valence-electron chi connectivity index (χ1n) is 24.9. The third-order valence-electron chi connectivity index (χ3n) is 14.4. The topological polar surface area (TPSA) is 8.17 Å². The van der Waals surface area contributed by atoms with E-state index in [9.17, 15) is 0 Å². The molecule has 10 aromatic rings. The van der Waals surface area contributed by atoms with Gasteiger partial charge in [0.05, 0.1) is 11.2 Å². The molecular formula is C69H50N2. The Hall–Kier alpha value is -8.98. The van der Waals surface area contributed by atoms with E-state index < -0.39 is 0 Å². The predicted molar refractivity (Wildman–Crippen MR) is 304 cm³/mol. The third kappa shape index (κ3) is 7.71. The molecule has 3 aliphatic rings. The summed E-state index contributed by atoms with van der Waals surface area (Å²) >= 11 is 0. The summed E-state index contributed by atoms with van der Waals surface area (Å²) in [7, 11) is 0. The van der Waals surface area contributed by atoms with Crippen molar-refractivity contribution in [3.63, 3.8) is 0 Å². The minimum Gasteiger partial charge on any atom is -0.310 e. The minimum atomic E-state index is 0.833. The molecule has 9 aromatic carbocycles. The Morgan fingerprint density at radius 2 is 1.11 bits per heavy atom. The van der Waals surface area contributed by atoms with Gasteiger partial charge in [0.15, 0.2) is 0 Å². The van der Waals surface area contributed by atoms with Crippen molar-refractivity contribution in [2.24, 2.45) is 0 Å². The van der Waals surface area contributed by atoms with Crippen LogP contribution in [-0.4, -0.2) is 4.57 Å². The number of nitrogens with zero attached hydrogens (tertiary/aromatic N) is 2. The first-order chi connectivity index (χ1) is 35.2. The van der Waals surface area contributed by atoms with Crippen molar-refractivity contribution >= 4 is 84.5 Å². The number of rotatable bonds is 8. The molecule has 336 valence electrons. The van der Waals surface area contributed by atoms with Gasteiger partial charge in [-0.2, -0.15) is 0 Å². The van der Waals surface area contributed by atoms with Gasteiger partial charge in [-0.15, -0.1) is 0 Å². The molecule has 1 heterocycles. The van der Waals surface area contributed by atoms with Gasteiger partial charge in [-0.05, 0) is 152 Å². The summed E-state index contributed by atoms with van der Waals surface area (Å²) in [6, 6.07) is 73.6. The fraction of sp³-hybridized carbons (Fsp3) is 0.0435. The van der Waals surface area contributed by atoms with E-state index in [1.54, 1.807) is 0 Å². The molecular weight excluding hydrogens is 857 g/mol. The number of anilines is 3. The largest absolute Gasteiger partial charge is 0.310 e. The summed E-state index contributed by atoms with van der Waals surface area (Å²) in [5.74, 6) is 0. The second-order valence-electron chi connectivity index (χ2n) is 18.7. The normalized spacial score (nSPS) is 14.1. The number of benzene rings is 9. The fourth-order valence-corrected chi connectivity index (χ4v) is 11.1. The van der Waals surface area contributed by atoms with Crippen molar-refractivity contribution in [3.8, 4) is 16.8 Å². The summed E-state index contributed by atoms with van der Waals surface area (Å²) in [4.78, 5) is 2.42. The number of aromatic nitrogens is 1. The molecule has 3 aliphatic carbocycles. The van der Waals surface area contributed by atoms with E-state index in [-0.39, 0.29) is 0 Å². The van der Waals surface area contributed by atoms with Gasteiger partial charge >= 0.3 is 0 Å². The first-order valence-corrected chi connectivity index (χ1v) is 24.9. The maximum Gasteiger partial charge on any atom is 0.0619 e. The lowest BCUT2D eigenvalue weighted by molar-refractivity contribution is 1.11. The molecule has 71 heavy (non-hydrogen) atoms. The van der Waals surface area contributed by atoms with Crippen molar-refractivity contribution in [1.82, 2.24) is 4.57 Å². The zero-order valence-electron chi connectivity index (χ0n) is 39.4. The van der Waals surface area contributed by atoms with Crippen molar-refractivity contribution in [3.05, 3.63) is 288 Å². The summed E-state index contributed by atoms with van der Waals surface area (Å²) in [5, 5.41) is 6.26. The van der Waals surface area contributed by atoms with E-state index in [2.05, 4.69) is 276 Å². The van der Waals surface area contributed by atoms with Gasteiger partial charge in [-0.3, -0.25) is 0 Å². The van der Waals surface area contributed by atoms with Crippen LogP contribution in [0.1, 0.15) is 58.3 Å². The van der Waals surface area contributed by atoms with Crippen LogP contribution in [0.4, 0.5) is 17.1 Å². The van der Waals surface area contributed by atoms with Crippen LogP contribution in [0.3, 0.4) is 0 Å². The van der Waals surface area contributed by atoms with E-state index >= 15 is 0 Å². The van der Waals surface area contributed by atoms with E-state index in [0.717, 1.165) is 42.0 Å². The van der Waals surface area contributed by atoms with Gasteiger partial charge in [-0.1, -0.05) is 206 Å². The molecule has 0 radical (unpaired) electrons. The summed E-state index contributed by atoms with van der Waals surface area (Å²) in [6.07, 6.45) is 27.9. The van der Waals surface area contributed by atoms with E-state index in [1.807, 2.05) is 0 Å². The average molecular weight is 907 g/mol. The van der Waals surface area contributed by atoms with Crippen molar-refractivity contribution in [2.75, 3.05) is 4.90 Å². The monoisotopic (exact) mass is 906 g/mol. The van der Waals surface area contributed by atoms with Gasteiger partial charge in [0.2, 0.25) is 0 Å². The Morgan fingerprint density at radius 3 is 1.92 bits per heavy atom. The Balaban J connectivity index is 0.951. The number of fused-ring (bicyclic) bond motifs is 8. The Bertz CT molecular complexity index is 3910. The summed E-state index contributed by atoms with van der Waals surface area (Å²) < 4.78 is 2.47. The van der Waals surface area contributed by atoms with Crippen LogP contribution in [0.15, 0.2) is 249 Å². The van der Waals surface area contributed by atoms with E-state index in [1.165, 1.54) is 99.4 Å². The van der Waals surface area contributed by atoms with Crippen molar-refractivity contribution < 1.29 is 0 Å². The minimum absolute atomic E-state index is 0.833. The molecule has 0 fully saturated rings. The zero-order valence-corrected chi connectivity index (χ0v) is 39.4. The second kappa shape index (κ2) is 18.2. The molecule has 13 rings (SSSR count). The molecule has 0 N–H and O–H groups in total. The molecule has 1 aromatic heterocycles. The van der Waals surface area contributed by atoms with Gasteiger partial charge in [0, 0.05) is 39.1 Å². The highest BCUT2D eigenvalue weighted by Crippen LogP contribution is 2.45. The molecule has 0 aliphatic heterocycles. The molecule has 0 unspecified atom stereocenters. The molecule has 0 saturated heterocycles. The van der Waals surface area contributed by atoms with Crippen LogP contribution >= 0.6 is 0 Å². The number of allylic oxidation sites excluding steroid dienone is 10. The lowest BCUT2D eigenvalue weighted by atomic mass is 9.90. The van der Waals surface area contributed by atoms with Crippen molar-refractivity contribution in [1.29, 1.82) is 0 Å². The molecule has 2 heteroatoms. The van der Waals surface area contributed by atoms with Crippen LogP contribution in [0.2, 0.25) is 0 Å². The van der Waals surface area contributed by atoms with E-state index in [0.29, 0.717) is 0 Å². The third-order valence-corrected chi connectivity index (χ3v) is 14.4. The maximum absolute atomic E-state index is 2.47. The number of hydrogen-bond acceptors (Lipinski definition) is 1. The Kier molecular flexibility index (Phi) is 10.8. The van der Waals surface area contributed by atoms with Crippen LogP contribution < -0.4 is 4.90 Å². The average Bonchev–Trinajstić information content (AvgIpc) is 3.77. The molecule has 0 bridgehead atoms. The zero-order chi connectivity index (χ0) is 47.1. The molecule has 0 spiro atoms. The highest BCUT2D eigenvalue weighted by Gasteiger charge is 2.25. The van der Waals surface area contributed by atoms with Crippen LogP contribution in [0, 0.1) is 0 Å². The molecule has 0 amide bonds. The van der Waals surface area contributed by atoms with Gasteiger partial charge in [0.1, 0.15) is 0 Å². The van der Waals surface area contributed by atoms with Gasteiger partial charge < -0.3 is 9.47 Å². The predicted octanol–water partition coefficient (Wildman–Crippen LogP) is 18.8. The van der Waals surface area contributed by atoms with Crippen LogP contribution in [0.5, 0.6) is 0 Å². The quantitative estimate of drug-likeness (QED) is 0.147. The fourth-order valence-electron chi connectivity index (χ4n) is 11.1. The Morgan fingerprint density at radius 1 is 0.437 bits per heavy atom. The molecule has 0 saturated carbocycles. The lowest BCUT2D eigenvalue weighted by Gasteiger charge is -2.27. The highest BCUT2D eigenvalue weighted by molar-refractivity contribution is 6.13. The maximum atomic E-state index is 2.47. The standard InChI is InChI=1S/C69H50N2/c1-4-19-48(20-5-1)52-22-10-11-23-53(45-52)49-35-40-57(41-36-49)70(58-42-37-51(38-43-58)66-47-55-24-13-14-29-60(55)63-32-8-3-9-33-64(63)66)59-28-18-25-54(46-59)61-30-16-17-34-67-68(61)65-44-39-50-21-12-15-31-62(50)69(65)71(67)56-26-6-2-7-27-56/h1-2,4-15,17-21,23-47H,3,16,22H2. The Labute approximate surface area is 415 Å². The number of para-hydroxylation sites is 1. The van der Waals surface area contributed by atoms with Gasteiger partial charge in [-0.25, -0.2) is 0 Å². The smallest absolute Gasteiger partial charge is 0.0619 e. The molecule has 2 nitrogen and oxygen atoms in total. The van der Waals surface area contributed by atoms with E-state index in [4.69, 9.17) is 0 Å². The lowest BCUT2D eigenvalue weighted by Crippen LogP contribution is -2.10. The van der Waals surface area contributed by atoms with Crippen molar-refractivity contribution in [2.45, 2.75) is 19.3 Å². The SMILES string of the molecule is C1=CCC(c2ccccc2)=CC(c2ccc(N(c3ccc(-c4cc5ccccc5c5c4C=CCC=C5)cc3)c3cccc(C4=CCC=Cc5c4c4ccc6ccccc6c4n5-c4ccccc4)c3)cc2)=C1. The van der Waals surface area contributed by atoms with Gasteiger partial charge in [0.25, 0.3) is 0 Å². The second-order valence-corrected chi connectivity index (χ2v) is 18.7. The summed E-state index contributed by atoms with van der Waals surface area (Å²) in [5.41, 5.74) is 20.5. The number of hydrogen-bond donors (Lipinski definition) is 0. The first kappa shape index (κ1) is 42.1. The molecule has 0 atom stereocenters. The van der Waals surface area contributed by atoms with Crippen LogP contribution in [-0.2, 0) is 0 Å². The highest BCUT2D eigenvalue weighted by atomic mass is 15.1.